The number of esters is 1. The van der Waals surface area contributed by atoms with Gasteiger partial charge in [0.25, 0.3) is 11.8 Å². The smallest absolute Gasteiger partial charge is 0.328 e. The molecule has 0 spiro atoms. The van der Waals surface area contributed by atoms with Crippen LogP contribution in [0.4, 0.5) is 8.78 Å². The molecule has 0 bridgehead atoms. The van der Waals surface area contributed by atoms with Gasteiger partial charge in [0, 0.05) is 0 Å². The summed E-state index contributed by atoms with van der Waals surface area (Å²) < 4.78 is 31.3. The number of hydrogen-bond donors (Lipinski definition) is 2. The first-order chi connectivity index (χ1) is 20.6. The minimum atomic E-state index is -0.738. The monoisotopic (exact) mass is 758 g/mol. The van der Waals surface area contributed by atoms with Gasteiger partial charge in [0.15, 0.2) is 5.78 Å². The number of Topliss-reactive ketones (excluding diaryl/α,β-unsaturated/α-hetero) is 1. The van der Waals surface area contributed by atoms with Crippen molar-refractivity contribution in [1.29, 1.82) is 0 Å². The largest absolute Gasteiger partial charge is 0.467 e. The van der Waals surface area contributed by atoms with Crippen molar-refractivity contribution >= 4 is 69.4 Å². The Bertz CT molecular complexity index is 1050. The lowest BCUT2D eigenvalue weighted by Gasteiger charge is -2.16. The number of ketones is 1. The van der Waals surface area contributed by atoms with Gasteiger partial charge in [-0.05, 0) is 37.1 Å². The Hall–Kier alpha value is -2.45. The fourth-order valence-electron chi connectivity index (χ4n) is 3.53. The average Bonchev–Trinajstić information content (AvgIpc) is 3.00. The van der Waals surface area contributed by atoms with Crippen molar-refractivity contribution in [2.45, 2.75) is 77.3 Å². The van der Waals surface area contributed by atoms with E-state index in [-0.39, 0.29) is 23.1 Å². The fourth-order valence-corrected chi connectivity index (χ4v) is 3.71. The zero-order valence-electron chi connectivity index (χ0n) is 24.5. The fraction of sp³-hybridized carbons (Fsp3) is 0.517. The van der Waals surface area contributed by atoms with Crippen LogP contribution in [0.3, 0.4) is 0 Å². The van der Waals surface area contributed by atoms with Gasteiger partial charge in [-0.1, -0.05) is 87.1 Å². The van der Waals surface area contributed by atoms with Crippen molar-refractivity contribution in [1.82, 2.24) is 20.6 Å². The molecule has 0 saturated carbocycles. The number of rotatable bonds is 15. The van der Waals surface area contributed by atoms with Crippen LogP contribution in [0.2, 0.25) is 0 Å². The number of pyridine rings is 2. The van der Waals surface area contributed by atoms with E-state index in [1.165, 1.54) is 31.4 Å². The lowest BCUT2D eigenvalue weighted by atomic mass is 10.0. The third kappa shape index (κ3) is 18.1. The van der Waals surface area contributed by atoms with Crippen molar-refractivity contribution in [2.24, 2.45) is 0 Å². The predicted octanol–water partition coefficient (Wildman–Crippen LogP) is 6.40. The molecule has 2 aromatic rings. The number of carbonyl (C=O) groups is 4. The zero-order valence-corrected chi connectivity index (χ0v) is 28.2. The number of nitrogens with one attached hydrogen (secondary N) is 2. The number of amides is 2. The molecule has 0 aromatic carbocycles. The molecule has 2 amide bonds. The molecule has 0 aliphatic carbocycles. The standard InChI is InChI=1S/C14H18ClFN2O2.C14H19FN2O3.CH2ClI/c1-2-3-4-6-10(12(19)9-15)18-14(20)11-7-5-8-13(16)17-11;1-3-4-5-7-11(14(19)20-2)17-13(18)10-8-6-9-12(15)16-10;2-1-3/h5,7-8,10H,2-4,6,9H2,1H3,(H,18,20);6,8-9,11H,3-5,7H2,1-2H3,(H,17,18);1H2/t10-;11-;/m00./s1. The summed E-state index contributed by atoms with van der Waals surface area (Å²) >= 11 is 12.6. The number of aromatic nitrogens is 2. The van der Waals surface area contributed by atoms with Gasteiger partial charge in [-0.2, -0.15) is 8.78 Å². The Kier molecular flexibility index (Phi) is 23.5. The van der Waals surface area contributed by atoms with E-state index in [1.54, 1.807) is 0 Å². The van der Waals surface area contributed by atoms with E-state index < -0.39 is 41.8 Å². The summed E-state index contributed by atoms with van der Waals surface area (Å²) in [7, 11) is 1.27. The van der Waals surface area contributed by atoms with Gasteiger partial charge in [0.05, 0.1) is 22.9 Å². The van der Waals surface area contributed by atoms with Crippen molar-refractivity contribution in [2.75, 3.05) is 16.9 Å². The van der Waals surface area contributed by atoms with Gasteiger partial charge in [-0.25, -0.2) is 14.8 Å². The molecule has 2 rings (SSSR count). The SMILES string of the molecule is CCCCC[C@H](NC(=O)c1cccc(F)n1)C(=O)CCl.CCCCC[C@H](NC(=O)c1cccc(F)n1)C(=O)OC.ClCI. The number of nitrogens with zero attached hydrogens (tertiary/aromatic N) is 2. The highest BCUT2D eigenvalue weighted by Gasteiger charge is 2.23. The summed E-state index contributed by atoms with van der Waals surface area (Å²) in [6.45, 7) is 4.09. The van der Waals surface area contributed by atoms with E-state index in [4.69, 9.17) is 23.2 Å². The quantitative estimate of drug-likeness (QED) is 0.0708. The Morgan fingerprint density at radius 2 is 1.23 bits per heavy atom. The van der Waals surface area contributed by atoms with Crippen LogP contribution in [0.5, 0.6) is 0 Å². The number of halogens is 5. The molecule has 0 fully saturated rings. The predicted molar refractivity (Wildman–Crippen MR) is 172 cm³/mol. The highest BCUT2D eigenvalue weighted by atomic mass is 127. The van der Waals surface area contributed by atoms with Crippen LogP contribution in [0.25, 0.3) is 0 Å². The van der Waals surface area contributed by atoms with E-state index in [2.05, 4.69) is 47.9 Å². The van der Waals surface area contributed by atoms with E-state index in [0.717, 1.165) is 50.7 Å². The van der Waals surface area contributed by atoms with Crippen molar-refractivity contribution in [3.05, 3.63) is 59.7 Å². The second kappa shape index (κ2) is 24.9. The molecule has 2 aromatic heterocycles. The normalized spacial score (nSPS) is 11.4. The molecular formula is C29H39Cl2F2IN4O5. The van der Waals surface area contributed by atoms with Crippen molar-refractivity contribution in [3.63, 3.8) is 0 Å². The molecule has 14 heteroatoms. The first-order valence-electron chi connectivity index (χ1n) is 13.7. The molecule has 0 radical (unpaired) electrons. The molecule has 2 heterocycles. The van der Waals surface area contributed by atoms with Gasteiger partial charge < -0.3 is 15.4 Å². The molecule has 0 aliphatic rings. The molecular weight excluding hydrogens is 720 g/mol. The maximum absolute atomic E-state index is 13.0. The number of ether oxygens (including phenoxy) is 1. The molecule has 240 valence electrons. The van der Waals surface area contributed by atoms with Gasteiger partial charge in [-0.3, -0.25) is 14.4 Å². The number of alkyl halides is 3. The second-order valence-corrected chi connectivity index (χ2v) is 11.2. The maximum Gasteiger partial charge on any atom is 0.328 e. The first kappa shape index (κ1) is 40.5. The van der Waals surface area contributed by atoms with Crippen LogP contribution in [0.15, 0.2) is 36.4 Å². The molecule has 9 nitrogen and oxygen atoms in total. The summed E-state index contributed by atoms with van der Waals surface area (Å²) in [5.74, 6) is -3.53. The lowest BCUT2D eigenvalue weighted by molar-refractivity contribution is -0.143. The molecule has 2 atom stereocenters. The highest BCUT2D eigenvalue weighted by molar-refractivity contribution is 14.1. The maximum atomic E-state index is 13.0. The Morgan fingerprint density at radius 1 is 0.814 bits per heavy atom. The van der Waals surface area contributed by atoms with Crippen LogP contribution >= 0.6 is 45.8 Å². The number of hydrogen-bond acceptors (Lipinski definition) is 7. The van der Waals surface area contributed by atoms with Gasteiger partial charge in [-0.15, -0.1) is 23.2 Å². The molecule has 0 saturated heterocycles. The van der Waals surface area contributed by atoms with Gasteiger partial charge >= 0.3 is 5.97 Å². The summed E-state index contributed by atoms with van der Waals surface area (Å²) in [6, 6.07) is 6.50. The van der Waals surface area contributed by atoms with E-state index >= 15 is 0 Å². The minimum Gasteiger partial charge on any atom is -0.467 e. The number of carbonyl (C=O) groups excluding carboxylic acids is 4. The van der Waals surface area contributed by atoms with E-state index in [0.29, 0.717) is 16.7 Å². The summed E-state index contributed by atoms with van der Waals surface area (Å²) in [4.78, 5) is 54.1. The minimum absolute atomic E-state index is 0.0483. The molecule has 2 N–H and O–H groups in total. The average molecular weight is 759 g/mol. The molecule has 0 aliphatic heterocycles. The van der Waals surface area contributed by atoms with Crippen molar-refractivity contribution < 1.29 is 32.7 Å². The summed E-state index contributed by atoms with van der Waals surface area (Å²) in [5.41, 5.74) is -0.109. The topological polar surface area (TPSA) is 127 Å². The zero-order chi connectivity index (χ0) is 32.6. The Balaban J connectivity index is 0.000000751. The van der Waals surface area contributed by atoms with Gasteiger partial charge in [0.2, 0.25) is 11.9 Å². The lowest BCUT2D eigenvalue weighted by Crippen LogP contribution is -2.41. The summed E-state index contributed by atoms with van der Waals surface area (Å²) in [6.07, 6.45) is 6.59. The van der Waals surface area contributed by atoms with Crippen LogP contribution in [0.1, 0.15) is 86.2 Å². The molecule has 0 unspecified atom stereocenters. The Labute approximate surface area is 275 Å². The third-order valence-electron chi connectivity index (χ3n) is 5.70. The van der Waals surface area contributed by atoms with Crippen LogP contribution in [-0.2, 0) is 14.3 Å². The third-order valence-corrected chi connectivity index (χ3v) is 5.97. The van der Waals surface area contributed by atoms with E-state index in [9.17, 15) is 28.0 Å². The highest BCUT2D eigenvalue weighted by Crippen LogP contribution is 2.08. The molecule has 43 heavy (non-hydrogen) atoms. The number of methoxy groups -OCH3 is 1. The van der Waals surface area contributed by atoms with E-state index in [1.807, 2.05) is 13.8 Å². The second-order valence-electron chi connectivity index (χ2n) is 8.96. The number of unbranched alkanes of at least 4 members (excludes halogenated alkanes) is 4. The van der Waals surface area contributed by atoms with Crippen molar-refractivity contribution in [3.8, 4) is 0 Å². The van der Waals surface area contributed by atoms with Crippen LogP contribution in [0, 0.1) is 11.9 Å². The first-order valence-corrected chi connectivity index (χ1v) is 16.3. The summed E-state index contributed by atoms with van der Waals surface area (Å²) in [5, 5.41) is 5.10. The Morgan fingerprint density at radius 3 is 1.60 bits per heavy atom. The van der Waals surface area contributed by atoms with Gasteiger partial charge in [0.1, 0.15) is 17.4 Å². The van der Waals surface area contributed by atoms with Crippen LogP contribution < -0.4 is 10.6 Å². The van der Waals surface area contributed by atoms with Crippen LogP contribution in [-0.4, -0.2) is 62.5 Å².